The number of imide groups is 1. The molecule has 2 aromatic carbocycles. The van der Waals surface area contributed by atoms with Crippen molar-refractivity contribution >= 4 is 34.8 Å². The van der Waals surface area contributed by atoms with Gasteiger partial charge in [-0.15, -0.1) is 0 Å². The first kappa shape index (κ1) is 22.2. The van der Waals surface area contributed by atoms with E-state index in [1.807, 2.05) is 6.07 Å². The van der Waals surface area contributed by atoms with Gasteiger partial charge < -0.3 is 14.8 Å². The molecule has 0 aliphatic carbocycles. The smallest absolute Gasteiger partial charge is 0.296 e. The van der Waals surface area contributed by atoms with E-state index in [9.17, 15) is 14.4 Å². The number of para-hydroxylation sites is 1. The average Bonchev–Trinajstić information content (AvgIpc) is 3.16. The molecule has 1 aliphatic rings. The minimum atomic E-state index is -0.787. The summed E-state index contributed by atoms with van der Waals surface area (Å²) >= 11 is 6.26. The highest BCUT2D eigenvalue weighted by molar-refractivity contribution is 6.53. The molecule has 1 aliphatic heterocycles. The lowest BCUT2D eigenvalue weighted by atomic mass is 10.2. The zero-order valence-electron chi connectivity index (χ0n) is 18.4. The van der Waals surface area contributed by atoms with Gasteiger partial charge in [-0.1, -0.05) is 29.8 Å². The minimum Gasteiger partial charge on any atom is -0.497 e. The Bertz CT molecular complexity index is 1330. The Hall–Kier alpha value is -3.98. The monoisotopic (exact) mass is 468 g/mol. The Kier molecular flexibility index (Phi) is 5.73. The number of halogens is 1. The summed E-state index contributed by atoms with van der Waals surface area (Å²) in [5.74, 6) is -0.568. The van der Waals surface area contributed by atoms with Crippen LogP contribution in [0.5, 0.6) is 11.5 Å². The molecule has 3 aromatic rings. The third-order valence-corrected chi connectivity index (χ3v) is 5.75. The van der Waals surface area contributed by atoms with Gasteiger partial charge in [-0.25, -0.2) is 9.58 Å². The van der Waals surface area contributed by atoms with E-state index in [1.165, 1.54) is 18.9 Å². The number of anilines is 2. The van der Waals surface area contributed by atoms with Crippen LogP contribution >= 0.6 is 11.6 Å². The molecule has 33 heavy (non-hydrogen) atoms. The van der Waals surface area contributed by atoms with Crippen LogP contribution < -0.4 is 25.2 Å². The van der Waals surface area contributed by atoms with E-state index in [0.29, 0.717) is 28.6 Å². The maximum absolute atomic E-state index is 13.3. The minimum absolute atomic E-state index is 0.0606. The van der Waals surface area contributed by atoms with E-state index in [2.05, 4.69) is 5.32 Å². The molecule has 170 valence electrons. The topological polar surface area (TPSA) is 94.8 Å². The zero-order valence-corrected chi connectivity index (χ0v) is 19.1. The summed E-state index contributed by atoms with van der Waals surface area (Å²) in [7, 11) is 4.66. The number of methoxy groups -OCH3 is 2. The second-order valence-electron chi connectivity index (χ2n) is 7.27. The molecule has 1 N–H and O–H groups in total. The van der Waals surface area contributed by atoms with Crippen LogP contribution in [0.2, 0.25) is 0 Å². The number of carbonyl (C=O) groups excluding carboxylic acids is 2. The van der Waals surface area contributed by atoms with Crippen LogP contribution in [0.15, 0.2) is 64.1 Å². The van der Waals surface area contributed by atoms with Gasteiger partial charge in [0.05, 0.1) is 25.6 Å². The third kappa shape index (κ3) is 3.66. The first-order valence-electron chi connectivity index (χ1n) is 9.91. The van der Waals surface area contributed by atoms with Crippen LogP contribution in [-0.4, -0.2) is 35.4 Å². The van der Waals surface area contributed by atoms with Crippen molar-refractivity contribution in [1.82, 2.24) is 9.36 Å². The second-order valence-corrected chi connectivity index (χ2v) is 7.65. The van der Waals surface area contributed by atoms with Crippen molar-refractivity contribution < 1.29 is 19.1 Å². The van der Waals surface area contributed by atoms with Crippen LogP contribution in [0.1, 0.15) is 5.69 Å². The molecular formula is C23H21ClN4O5. The molecule has 0 bridgehead atoms. The molecular weight excluding hydrogens is 448 g/mol. The van der Waals surface area contributed by atoms with Gasteiger partial charge in [-0.3, -0.25) is 19.1 Å². The van der Waals surface area contributed by atoms with E-state index < -0.39 is 17.4 Å². The molecule has 4 rings (SSSR count). The predicted octanol–water partition coefficient (Wildman–Crippen LogP) is 2.94. The van der Waals surface area contributed by atoms with Crippen molar-refractivity contribution in [3.05, 3.63) is 75.3 Å². The van der Waals surface area contributed by atoms with Crippen LogP contribution in [0.3, 0.4) is 0 Å². The van der Waals surface area contributed by atoms with E-state index in [4.69, 9.17) is 21.1 Å². The molecule has 1 aromatic heterocycles. The molecule has 10 heteroatoms. The number of rotatable bonds is 6. The Morgan fingerprint density at radius 1 is 0.909 bits per heavy atom. The maximum Gasteiger partial charge on any atom is 0.296 e. The van der Waals surface area contributed by atoms with Crippen molar-refractivity contribution in [2.75, 3.05) is 24.4 Å². The van der Waals surface area contributed by atoms with E-state index in [-0.39, 0.29) is 16.4 Å². The van der Waals surface area contributed by atoms with E-state index >= 15 is 0 Å². The van der Waals surface area contributed by atoms with Gasteiger partial charge in [-0.05, 0) is 19.1 Å². The first-order valence-corrected chi connectivity index (χ1v) is 10.3. The molecule has 0 unspecified atom stereocenters. The number of carbonyl (C=O) groups is 2. The first-order chi connectivity index (χ1) is 15.8. The summed E-state index contributed by atoms with van der Waals surface area (Å²) in [5, 5.41) is 2.55. The second kappa shape index (κ2) is 8.51. The maximum atomic E-state index is 13.3. The van der Waals surface area contributed by atoms with Gasteiger partial charge in [0.1, 0.15) is 27.9 Å². The van der Waals surface area contributed by atoms with Crippen LogP contribution in [-0.2, 0) is 16.6 Å². The van der Waals surface area contributed by atoms with Gasteiger partial charge >= 0.3 is 0 Å². The fraction of sp³-hybridized carbons (Fsp3) is 0.174. The van der Waals surface area contributed by atoms with Gasteiger partial charge in [0.25, 0.3) is 17.4 Å². The summed E-state index contributed by atoms with van der Waals surface area (Å²) in [6, 6.07) is 13.8. The number of nitrogens with zero attached hydrogens (tertiary/aromatic N) is 3. The quantitative estimate of drug-likeness (QED) is 0.559. The van der Waals surface area contributed by atoms with Gasteiger partial charge in [0.2, 0.25) is 0 Å². The van der Waals surface area contributed by atoms with E-state index in [1.54, 1.807) is 61.1 Å². The summed E-state index contributed by atoms with van der Waals surface area (Å²) in [6.07, 6.45) is 0. The predicted molar refractivity (Wildman–Crippen MR) is 124 cm³/mol. The molecule has 0 fully saturated rings. The average molecular weight is 469 g/mol. The Balaban J connectivity index is 1.75. The van der Waals surface area contributed by atoms with Crippen molar-refractivity contribution in [3.8, 4) is 17.2 Å². The summed E-state index contributed by atoms with van der Waals surface area (Å²) in [5.41, 5.74) is 0.726. The molecule has 0 spiro atoms. The van der Waals surface area contributed by atoms with Crippen molar-refractivity contribution in [2.24, 2.45) is 7.05 Å². The Morgan fingerprint density at radius 3 is 2.09 bits per heavy atom. The largest absolute Gasteiger partial charge is 0.497 e. The highest BCUT2D eigenvalue weighted by Gasteiger charge is 2.42. The van der Waals surface area contributed by atoms with Crippen molar-refractivity contribution in [2.45, 2.75) is 6.92 Å². The summed E-state index contributed by atoms with van der Waals surface area (Å²) in [6.45, 7) is 1.66. The van der Waals surface area contributed by atoms with Crippen LogP contribution in [0.4, 0.5) is 11.4 Å². The number of nitrogens with one attached hydrogen (secondary N) is 1. The lowest BCUT2D eigenvalue weighted by molar-refractivity contribution is -0.120. The molecule has 2 amide bonds. The number of hydrogen-bond acceptors (Lipinski definition) is 6. The van der Waals surface area contributed by atoms with Gasteiger partial charge in [0.15, 0.2) is 0 Å². The molecule has 0 saturated carbocycles. The normalized spacial score (nSPS) is 13.7. The fourth-order valence-electron chi connectivity index (χ4n) is 3.65. The summed E-state index contributed by atoms with van der Waals surface area (Å²) < 4.78 is 13.4. The van der Waals surface area contributed by atoms with Crippen molar-refractivity contribution in [3.63, 3.8) is 0 Å². The highest BCUT2D eigenvalue weighted by Crippen LogP contribution is 2.33. The number of benzene rings is 2. The van der Waals surface area contributed by atoms with Crippen molar-refractivity contribution in [1.29, 1.82) is 0 Å². The molecule has 0 radical (unpaired) electrons. The Labute approximate surface area is 194 Å². The number of aromatic nitrogens is 2. The van der Waals surface area contributed by atoms with Crippen LogP contribution in [0.25, 0.3) is 5.69 Å². The lowest BCUT2D eigenvalue weighted by Gasteiger charge is -2.14. The van der Waals surface area contributed by atoms with Gasteiger partial charge in [0, 0.05) is 30.9 Å². The Morgan fingerprint density at radius 2 is 1.52 bits per heavy atom. The lowest BCUT2D eigenvalue weighted by Crippen LogP contribution is -2.36. The SMILES string of the molecule is COc1cc(NC2=C(Cl)C(=O)N(c3c(C)n(C)n(-c4ccccc4)c3=O)C2=O)cc(OC)c1. The number of hydrogen-bond donors (Lipinski definition) is 1. The fourth-order valence-corrected chi connectivity index (χ4v) is 3.86. The van der Waals surface area contributed by atoms with Gasteiger partial charge in [-0.2, -0.15) is 0 Å². The van der Waals surface area contributed by atoms with E-state index in [0.717, 1.165) is 4.90 Å². The molecule has 0 saturated heterocycles. The molecule has 0 atom stereocenters. The zero-order chi connectivity index (χ0) is 23.9. The third-order valence-electron chi connectivity index (χ3n) is 5.40. The summed E-state index contributed by atoms with van der Waals surface area (Å²) in [4.78, 5) is 40.4. The highest BCUT2D eigenvalue weighted by atomic mass is 35.5. The molecule has 9 nitrogen and oxygen atoms in total. The number of ether oxygens (including phenoxy) is 2. The standard InChI is InChI=1S/C23H21ClN4O5/c1-13-20(23(31)28(26(13)2)15-8-6-5-7-9-15)27-21(29)18(24)19(22(27)30)25-14-10-16(32-3)12-17(11-14)33-4/h5-12,25H,1-4H3. The van der Waals surface area contributed by atoms with Crippen LogP contribution in [0, 0.1) is 6.92 Å². The number of amides is 2. The molecule has 2 heterocycles.